The average molecular weight is 371 g/mol. The fraction of sp³-hybridized carbons (Fsp3) is 0.545. The van der Waals surface area contributed by atoms with Gasteiger partial charge in [-0.05, 0) is 58.7 Å². The molecule has 2 aliphatic rings. The van der Waals surface area contributed by atoms with Gasteiger partial charge < -0.3 is 19.3 Å². The zero-order chi connectivity index (χ0) is 19.6. The summed E-state index contributed by atoms with van der Waals surface area (Å²) < 4.78 is 16.9. The summed E-state index contributed by atoms with van der Waals surface area (Å²) in [5.74, 6) is 8.47. The summed E-state index contributed by atoms with van der Waals surface area (Å²) in [6.07, 6.45) is 4.44. The Morgan fingerprint density at radius 1 is 1.44 bits per heavy atom. The monoisotopic (exact) mass is 371 g/mol. The van der Waals surface area contributed by atoms with E-state index >= 15 is 0 Å². The molecule has 0 aliphatic carbocycles. The van der Waals surface area contributed by atoms with Crippen molar-refractivity contribution >= 4 is 0 Å². The van der Waals surface area contributed by atoms with E-state index in [2.05, 4.69) is 36.7 Å². The number of hydrogen-bond donors (Lipinski definition) is 1. The Hall–Kier alpha value is -2.16. The molecule has 0 unspecified atom stereocenters. The van der Waals surface area contributed by atoms with E-state index in [4.69, 9.17) is 14.2 Å². The Morgan fingerprint density at radius 2 is 2.22 bits per heavy atom. The maximum absolute atomic E-state index is 10.7. The molecule has 2 heterocycles. The fourth-order valence-electron chi connectivity index (χ4n) is 3.54. The van der Waals surface area contributed by atoms with Crippen LogP contribution in [-0.2, 0) is 6.42 Å². The molecule has 2 aliphatic heterocycles. The summed E-state index contributed by atoms with van der Waals surface area (Å²) in [5, 5.41) is 10.7. The quantitative estimate of drug-likeness (QED) is 0.649. The topological polar surface area (TPSA) is 51.2 Å². The minimum atomic E-state index is -1.03. The van der Waals surface area contributed by atoms with Crippen molar-refractivity contribution in [2.75, 3.05) is 27.5 Å². The second-order valence-electron chi connectivity index (χ2n) is 7.71. The predicted octanol–water partition coefficient (Wildman–Crippen LogP) is 3.45. The van der Waals surface area contributed by atoms with E-state index in [1.807, 2.05) is 13.1 Å². The van der Waals surface area contributed by atoms with Gasteiger partial charge in [0, 0.05) is 12.1 Å². The number of hydrogen-bond acceptors (Lipinski definition) is 5. The first-order valence-electron chi connectivity index (χ1n) is 9.40. The maximum atomic E-state index is 10.7. The Morgan fingerprint density at radius 3 is 2.93 bits per heavy atom. The van der Waals surface area contributed by atoms with Crippen LogP contribution >= 0.6 is 0 Å². The van der Waals surface area contributed by atoms with Crippen molar-refractivity contribution in [1.82, 2.24) is 4.90 Å². The first-order valence-corrected chi connectivity index (χ1v) is 9.40. The first kappa shape index (κ1) is 19.6. The van der Waals surface area contributed by atoms with Crippen LogP contribution in [0.1, 0.15) is 50.8 Å². The van der Waals surface area contributed by atoms with Crippen molar-refractivity contribution in [3.05, 3.63) is 28.8 Å². The van der Waals surface area contributed by atoms with E-state index in [0.29, 0.717) is 17.9 Å². The molecule has 0 radical (unpaired) electrons. The average Bonchev–Trinajstić information content (AvgIpc) is 3.06. The van der Waals surface area contributed by atoms with Crippen molar-refractivity contribution in [2.24, 2.45) is 0 Å². The van der Waals surface area contributed by atoms with Crippen LogP contribution < -0.4 is 14.2 Å². The highest BCUT2D eigenvalue weighted by Crippen LogP contribution is 2.49. The van der Waals surface area contributed by atoms with Crippen molar-refractivity contribution in [2.45, 2.75) is 51.7 Å². The Balaban J connectivity index is 1.93. The van der Waals surface area contributed by atoms with Crippen LogP contribution in [0.5, 0.6) is 17.2 Å². The van der Waals surface area contributed by atoms with Crippen LogP contribution in [0, 0.1) is 11.8 Å². The third-order valence-electron chi connectivity index (χ3n) is 5.06. The van der Waals surface area contributed by atoms with E-state index < -0.39 is 5.60 Å². The molecule has 5 heteroatoms. The maximum Gasteiger partial charge on any atom is 0.231 e. The van der Waals surface area contributed by atoms with E-state index in [-0.39, 0.29) is 12.8 Å². The molecule has 1 aromatic carbocycles. The van der Waals surface area contributed by atoms with Crippen LogP contribution in [-0.4, -0.2) is 43.1 Å². The summed E-state index contributed by atoms with van der Waals surface area (Å²) in [7, 11) is 3.69. The van der Waals surface area contributed by atoms with Gasteiger partial charge in [-0.25, -0.2) is 0 Å². The number of benzene rings is 1. The molecule has 1 N–H and O–H groups in total. The largest absolute Gasteiger partial charge is 0.492 e. The van der Waals surface area contributed by atoms with Gasteiger partial charge in [0.2, 0.25) is 12.5 Å². The Kier molecular flexibility index (Phi) is 5.69. The van der Waals surface area contributed by atoms with Gasteiger partial charge in [0.15, 0.2) is 11.5 Å². The molecule has 27 heavy (non-hydrogen) atoms. The molecular formula is C22H29NO4. The fourth-order valence-corrected chi connectivity index (χ4v) is 3.54. The highest BCUT2D eigenvalue weighted by atomic mass is 16.7. The molecule has 3 rings (SSSR count). The molecule has 0 amide bonds. The highest BCUT2D eigenvalue weighted by Gasteiger charge is 2.33. The van der Waals surface area contributed by atoms with E-state index in [0.717, 1.165) is 36.3 Å². The van der Waals surface area contributed by atoms with Gasteiger partial charge >= 0.3 is 0 Å². The predicted molar refractivity (Wildman–Crippen MR) is 105 cm³/mol. The van der Waals surface area contributed by atoms with Crippen LogP contribution in [0.15, 0.2) is 17.7 Å². The van der Waals surface area contributed by atoms with Gasteiger partial charge in [-0.3, -0.25) is 4.90 Å². The molecule has 0 spiro atoms. The molecule has 146 valence electrons. The van der Waals surface area contributed by atoms with Crippen molar-refractivity contribution in [1.29, 1.82) is 0 Å². The molecule has 2 atom stereocenters. The standard InChI is InChI=1S/C22H29NO4/c1-15(2)7-6-10-22(3,24)11-8-17-19-16(9-12-23(17)4)13-18-20(21(19)25-5)27-14-26-18/h7,13,17,24H,6,9-10,12,14H2,1-5H3/t17-,22+/m1/s1. The molecule has 0 saturated carbocycles. The van der Waals surface area contributed by atoms with E-state index in [1.54, 1.807) is 14.0 Å². The summed E-state index contributed by atoms with van der Waals surface area (Å²) in [6.45, 7) is 6.99. The molecular weight excluding hydrogens is 342 g/mol. The Bertz CT molecular complexity index is 797. The number of ether oxygens (including phenoxy) is 3. The van der Waals surface area contributed by atoms with Crippen molar-refractivity contribution in [3.63, 3.8) is 0 Å². The molecule has 0 aromatic heterocycles. The second kappa shape index (κ2) is 7.84. The van der Waals surface area contributed by atoms with E-state index in [9.17, 15) is 5.11 Å². The highest BCUT2D eigenvalue weighted by molar-refractivity contribution is 5.63. The number of allylic oxidation sites excluding steroid dienone is 2. The normalized spacial score (nSPS) is 20.1. The lowest BCUT2D eigenvalue weighted by Crippen LogP contribution is -2.32. The lowest BCUT2D eigenvalue weighted by atomic mass is 9.90. The number of nitrogens with zero attached hydrogens (tertiary/aromatic N) is 1. The van der Waals surface area contributed by atoms with Gasteiger partial charge in [0.05, 0.1) is 7.11 Å². The summed E-state index contributed by atoms with van der Waals surface area (Å²) in [5.41, 5.74) is 2.40. The molecule has 0 bridgehead atoms. The molecule has 1 aromatic rings. The van der Waals surface area contributed by atoms with Crippen LogP contribution in [0.4, 0.5) is 0 Å². The number of likely N-dealkylation sites (N-methyl/N-ethyl adjacent to an activating group) is 1. The third kappa shape index (κ3) is 4.23. The smallest absolute Gasteiger partial charge is 0.231 e. The lowest BCUT2D eigenvalue weighted by molar-refractivity contribution is 0.113. The zero-order valence-corrected chi connectivity index (χ0v) is 16.9. The third-order valence-corrected chi connectivity index (χ3v) is 5.06. The summed E-state index contributed by atoms with van der Waals surface area (Å²) >= 11 is 0. The lowest BCUT2D eigenvalue weighted by Gasteiger charge is -2.33. The molecule has 5 nitrogen and oxygen atoms in total. The number of methoxy groups -OCH3 is 1. The zero-order valence-electron chi connectivity index (χ0n) is 16.9. The number of rotatable bonds is 4. The molecule has 0 fully saturated rings. The van der Waals surface area contributed by atoms with Gasteiger partial charge in [0.25, 0.3) is 0 Å². The van der Waals surface area contributed by atoms with Gasteiger partial charge in [-0.1, -0.05) is 23.5 Å². The van der Waals surface area contributed by atoms with E-state index in [1.165, 1.54) is 5.57 Å². The van der Waals surface area contributed by atoms with Gasteiger partial charge in [-0.15, -0.1) is 0 Å². The summed E-state index contributed by atoms with van der Waals surface area (Å²) in [4.78, 5) is 2.19. The first-order chi connectivity index (χ1) is 12.8. The number of fused-ring (bicyclic) bond motifs is 2. The minimum absolute atomic E-state index is 0.159. The Labute approximate surface area is 161 Å². The van der Waals surface area contributed by atoms with Crippen molar-refractivity contribution in [3.8, 4) is 29.1 Å². The van der Waals surface area contributed by atoms with Gasteiger partial charge in [-0.2, -0.15) is 0 Å². The SMILES string of the molecule is COc1c2c(cc3c1[C@@H](C#C[C@@](C)(O)CCC=C(C)C)N(C)CC3)OCO2. The van der Waals surface area contributed by atoms with Crippen molar-refractivity contribution < 1.29 is 19.3 Å². The van der Waals surface area contributed by atoms with Crippen LogP contribution in [0.25, 0.3) is 0 Å². The second-order valence-corrected chi connectivity index (χ2v) is 7.71. The molecule has 0 saturated heterocycles. The van der Waals surface area contributed by atoms with Crippen LogP contribution in [0.2, 0.25) is 0 Å². The minimum Gasteiger partial charge on any atom is -0.492 e. The summed E-state index contributed by atoms with van der Waals surface area (Å²) in [6, 6.07) is 1.88. The van der Waals surface area contributed by atoms with Gasteiger partial charge in [0.1, 0.15) is 11.6 Å². The number of aliphatic hydroxyl groups is 1. The van der Waals surface area contributed by atoms with Crippen LogP contribution in [0.3, 0.4) is 0 Å².